The largest absolute Gasteiger partial charge is 0.467 e. The van der Waals surface area contributed by atoms with Gasteiger partial charge in [0.05, 0.1) is 17.7 Å². The third kappa shape index (κ3) is 2.58. The summed E-state index contributed by atoms with van der Waals surface area (Å²) in [5, 5.41) is 6.38. The highest BCUT2D eigenvalue weighted by molar-refractivity contribution is 5.83. The van der Waals surface area contributed by atoms with Gasteiger partial charge in [0, 0.05) is 6.54 Å². The van der Waals surface area contributed by atoms with E-state index in [4.69, 9.17) is 4.42 Å². The van der Waals surface area contributed by atoms with Crippen molar-refractivity contribution >= 4 is 5.91 Å². The molecule has 1 aromatic heterocycles. The van der Waals surface area contributed by atoms with Crippen LogP contribution < -0.4 is 10.6 Å². The van der Waals surface area contributed by atoms with Crippen molar-refractivity contribution in [2.24, 2.45) is 5.41 Å². The molecule has 0 bridgehead atoms. The van der Waals surface area contributed by atoms with Crippen LogP contribution in [0.25, 0.3) is 0 Å². The molecule has 1 aromatic rings. The van der Waals surface area contributed by atoms with Crippen LogP contribution in [0.4, 0.5) is 0 Å². The van der Waals surface area contributed by atoms with Crippen molar-refractivity contribution in [3.63, 3.8) is 0 Å². The Labute approximate surface area is 108 Å². The Bertz CT molecular complexity index is 381. The standard InChI is InChI=1S/C14H22N2O2/c1-3-6-14(7-8-15-10-14)13(17)16-11(2)12-5-4-9-18-12/h4-5,9,11,15H,3,6-8,10H2,1-2H3,(H,16,17). The molecule has 0 radical (unpaired) electrons. The Morgan fingerprint density at radius 3 is 3.06 bits per heavy atom. The number of amides is 1. The molecule has 0 saturated carbocycles. The maximum absolute atomic E-state index is 12.5. The molecule has 0 aromatic carbocycles. The van der Waals surface area contributed by atoms with Gasteiger partial charge in [0.25, 0.3) is 0 Å². The van der Waals surface area contributed by atoms with E-state index in [1.165, 1.54) is 0 Å². The second kappa shape index (κ2) is 5.57. The first-order valence-electron chi connectivity index (χ1n) is 6.73. The van der Waals surface area contributed by atoms with Crippen molar-refractivity contribution in [3.8, 4) is 0 Å². The molecule has 100 valence electrons. The Morgan fingerprint density at radius 1 is 1.67 bits per heavy atom. The minimum Gasteiger partial charge on any atom is -0.467 e. The Kier molecular flexibility index (Phi) is 4.07. The van der Waals surface area contributed by atoms with Gasteiger partial charge in [0.15, 0.2) is 0 Å². The number of carbonyl (C=O) groups is 1. The highest BCUT2D eigenvalue weighted by Crippen LogP contribution is 2.32. The number of furan rings is 1. The molecule has 2 rings (SSSR count). The van der Waals surface area contributed by atoms with E-state index in [0.717, 1.165) is 38.1 Å². The quantitative estimate of drug-likeness (QED) is 0.842. The molecule has 4 nitrogen and oxygen atoms in total. The van der Waals surface area contributed by atoms with Crippen molar-refractivity contribution < 1.29 is 9.21 Å². The second-order valence-corrected chi connectivity index (χ2v) is 5.17. The molecule has 2 unspecified atom stereocenters. The Hall–Kier alpha value is -1.29. The Morgan fingerprint density at radius 2 is 2.50 bits per heavy atom. The predicted molar refractivity (Wildman–Crippen MR) is 70.1 cm³/mol. The number of carbonyl (C=O) groups excluding carboxylic acids is 1. The van der Waals surface area contributed by atoms with Crippen molar-refractivity contribution in [3.05, 3.63) is 24.2 Å². The summed E-state index contributed by atoms with van der Waals surface area (Å²) in [6.07, 6.45) is 4.54. The number of rotatable bonds is 5. The summed E-state index contributed by atoms with van der Waals surface area (Å²) in [5.74, 6) is 0.958. The summed E-state index contributed by atoms with van der Waals surface area (Å²) in [5.41, 5.74) is -0.227. The molecule has 2 atom stereocenters. The topological polar surface area (TPSA) is 54.3 Å². The fraction of sp³-hybridized carbons (Fsp3) is 0.643. The van der Waals surface area contributed by atoms with E-state index < -0.39 is 0 Å². The van der Waals surface area contributed by atoms with Crippen molar-refractivity contribution in [1.82, 2.24) is 10.6 Å². The van der Waals surface area contributed by atoms with Gasteiger partial charge in [-0.1, -0.05) is 13.3 Å². The second-order valence-electron chi connectivity index (χ2n) is 5.17. The van der Waals surface area contributed by atoms with E-state index in [-0.39, 0.29) is 17.4 Å². The van der Waals surface area contributed by atoms with Crippen LogP contribution in [0.3, 0.4) is 0 Å². The molecular formula is C14H22N2O2. The van der Waals surface area contributed by atoms with Gasteiger partial charge in [-0.15, -0.1) is 0 Å². The lowest BCUT2D eigenvalue weighted by Crippen LogP contribution is -2.43. The molecule has 18 heavy (non-hydrogen) atoms. The fourth-order valence-corrected chi connectivity index (χ4v) is 2.70. The maximum atomic E-state index is 12.5. The van der Waals surface area contributed by atoms with Gasteiger partial charge in [-0.2, -0.15) is 0 Å². The van der Waals surface area contributed by atoms with E-state index in [1.807, 2.05) is 19.1 Å². The van der Waals surface area contributed by atoms with Crippen LogP contribution in [-0.4, -0.2) is 19.0 Å². The van der Waals surface area contributed by atoms with Crippen LogP contribution in [-0.2, 0) is 4.79 Å². The Balaban J connectivity index is 2.01. The molecule has 1 aliphatic rings. The summed E-state index contributed by atoms with van der Waals surface area (Å²) in [4.78, 5) is 12.5. The first-order valence-corrected chi connectivity index (χ1v) is 6.73. The van der Waals surface area contributed by atoms with Crippen molar-refractivity contribution in [2.45, 2.75) is 39.2 Å². The van der Waals surface area contributed by atoms with Gasteiger partial charge in [0.1, 0.15) is 5.76 Å². The van der Waals surface area contributed by atoms with Gasteiger partial charge in [-0.3, -0.25) is 4.79 Å². The average molecular weight is 250 g/mol. The fourth-order valence-electron chi connectivity index (χ4n) is 2.70. The van der Waals surface area contributed by atoms with Crippen LogP contribution in [0.5, 0.6) is 0 Å². The molecule has 0 spiro atoms. The van der Waals surface area contributed by atoms with E-state index >= 15 is 0 Å². The minimum absolute atomic E-state index is 0.0677. The van der Waals surface area contributed by atoms with Crippen molar-refractivity contribution in [1.29, 1.82) is 0 Å². The minimum atomic E-state index is -0.227. The van der Waals surface area contributed by atoms with E-state index in [9.17, 15) is 4.79 Å². The summed E-state index contributed by atoms with van der Waals surface area (Å²) in [7, 11) is 0. The lowest BCUT2D eigenvalue weighted by Gasteiger charge is -2.28. The SMILES string of the molecule is CCCC1(C(=O)NC(C)c2ccco2)CCNC1. The number of nitrogens with one attached hydrogen (secondary N) is 2. The highest BCUT2D eigenvalue weighted by Gasteiger charge is 2.40. The zero-order valence-corrected chi connectivity index (χ0v) is 11.2. The van der Waals surface area contributed by atoms with E-state index in [2.05, 4.69) is 17.6 Å². The van der Waals surface area contributed by atoms with Crippen LogP contribution in [0, 0.1) is 5.41 Å². The first-order chi connectivity index (χ1) is 8.68. The predicted octanol–water partition coefficient (Wildman–Crippen LogP) is 2.24. The third-order valence-corrected chi connectivity index (χ3v) is 3.77. The molecule has 4 heteroatoms. The van der Waals surface area contributed by atoms with Gasteiger partial charge in [0.2, 0.25) is 5.91 Å². The lowest BCUT2D eigenvalue weighted by molar-refractivity contribution is -0.131. The average Bonchev–Trinajstić information content (AvgIpc) is 3.00. The van der Waals surface area contributed by atoms with Gasteiger partial charge >= 0.3 is 0 Å². The zero-order chi connectivity index (χ0) is 13.0. The van der Waals surface area contributed by atoms with Crippen LogP contribution in [0.2, 0.25) is 0 Å². The zero-order valence-electron chi connectivity index (χ0n) is 11.2. The smallest absolute Gasteiger partial charge is 0.228 e. The molecule has 1 aliphatic heterocycles. The first kappa shape index (κ1) is 13.1. The monoisotopic (exact) mass is 250 g/mol. The van der Waals surface area contributed by atoms with Gasteiger partial charge in [-0.25, -0.2) is 0 Å². The molecule has 1 amide bonds. The maximum Gasteiger partial charge on any atom is 0.228 e. The molecule has 2 N–H and O–H groups in total. The molecular weight excluding hydrogens is 228 g/mol. The summed E-state index contributed by atoms with van der Waals surface area (Å²) in [6.45, 7) is 5.81. The third-order valence-electron chi connectivity index (χ3n) is 3.77. The summed E-state index contributed by atoms with van der Waals surface area (Å²) >= 11 is 0. The molecule has 2 heterocycles. The van der Waals surface area contributed by atoms with E-state index in [1.54, 1.807) is 6.26 Å². The number of hydrogen-bond donors (Lipinski definition) is 2. The number of hydrogen-bond acceptors (Lipinski definition) is 3. The van der Waals surface area contributed by atoms with Crippen LogP contribution in [0.15, 0.2) is 22.8 Å². The summed E-state index contributed by atoms with van der Waals surface area (Å²) < 4.78 is 5.32. The molecule has 1 fully saturated rings. The summed E-state index contributed by atoms with van der Waals surface area (Å²) in [6, 6.07) is 3.67. The highest BCUT2D eigenvalue weighted by atomic mass is 16.3. The van der Waals surface area contributed by atoms with Gasteiger partial charge < -0.3 is 15.1 Å². The lowest BCUT2D eigenvalue weighted by atomic mass is 9.81. The normalized spacial score (nSPS) is 25.0. The molecule has 0 aliphatic carbocycles. The van der Waals surface area contributed by atoms with Crippen LogP contribution in [0.1, 0.15) is 44.9 Å². The van der Waals surface area contributed by atoms with Crippen LogP contribution >= 0.6 is 0 Å². The van der Waals surface area contributed by atoms with Gasteiger partial charge in [-0.05, 0) is 38.4 Å². The van der Waals surface area contributed by atoms with E-state index in [0.29, 0.717) is 0 Å². The molecule has 1 saturated heterocycles. The van der Waals surface area contributed by atoms with Crippen molar-refractivity contribution in [2.75, 3.05) is 13.1 Å².